The number of benzene rings is 2. The predicted octanol–water partition coefficient (Wildman–Crippen LogP) is 4.25. The molecule has 0 fully saturated rings. The van der Waals surface area contributed by atoms with Crippen LogP contribution in [0.3, 0.4) is 0 Å². The van der Waals surface area contributed by atoms with Crippen LogP contribution in [0.25, 0.3) is 0 Å². The van der Waals surface area contributed by atoms with Gasteiger partial charge in [0.25, 0.3) is 0 Å². The Bertz CT molecular complexity index is 577. The first kappa shape index (κ1) is 15.9. The predicted molar refractivity (Wildman–Crippen MR) is 92.0 cm³/mol. The van der Waals surface area contributed by atoms with Gasteiger partial charge in [0.2, 0.25) is 0 Å². The Kier molecular flexibility index (Phi) is 5.71. The quantitative estimate of drug-likeness (QED) is 0.866. The smallest absolute Gasteiger partial charge is 0.119 e. The summed E-state index contributed by atoms with van der Waals surface area (Å²) in [5, 5.41) is 0.293. The molecule has 2 rings (SSSR count). The fraction of sp³-hybridized carbons (Fsp3) is 0.333. The third-order valence-corrected chi connectivity index (χ3v) is 4.78. The molecule has 0 amide bonds. The number of rotatable bonds is 6. The average Bonchev–Trinajstić information content (AvgIpc) is 2.47. The molecule has 0 radical (unpaired) electrons. The molecular weight excluding hydrogens is 278 g/mol. The van der Waals surface area contributed by atoms with Crippen molar-refractivity contribution in [3.63, 3.8) is 0 Å². The van der Waals surface area contributed by atoms with E-state index in [1.165, 1.54) is 22.3 Å². The van der Waals surface area contributed by atoms with E-state index < -0.39 is 0 Å². The van der Waals surface area contributed by atoms with E-state index in [0.29, 0.717) is 11.8 Å². The molecule has 0 spiro atoms. The minimum atomic E-state index is 0.293. The van der Waals surface area contributed by atoms with E-state index in [-0.39, 0.29) is 0 Å². The second-order valence-electron chi connectivity index (χ2n) is 5.31. The second-order valence-corrected chi connectivity index (χ2v) is 6.50. The summed E-state index contributed by atoms with van der Waals surface area (Å²) < 4.78 is 5.29. The summed E-state index contributed by atoms with van der Waals surface area (Å²) in [6, 6.07) is 14.9. The highest BCUT2D eigenvalue weighted by molar-refractivity contribution is 7.98. The van der Waals surface area contributed by atoms with Crippen molar-refractivity contribution in [1.29, 1.82) is 0 Å². The minimum absolute atomic E-state index is 0.293. The van der Waals surface area contributed by atoms with E-state index >= 15 is 0 Å². The Morgan fingerprint density at radius 3 is 2.43 bits per heavy atom. The monoisotopic (exact) mass is 301 g/mol. The average molecular weight is 301 g/mol. The van der Waals surface area contributed by atoms with Gasteiger partial charge >= 0.3 is 0 Å². The van der Waals surface area contributed by atoms with Gasteiger partial charge in [-0.3, -0.25) is 0 Å². The van der Waals surface area contributed by atoms with Crippen LogP contribution in [0, 0.1) is 13.8 Å². The summed E-state index contributed by atoms with van der Waals surface area (Å²) in [5.41, 5.74) is 11.2. The molecule has 1 atom stereocenters. The number of hydrogen-bond acceptors (Lipinski definition) is 3. The maximum absolute atomic E-state index is 5.96. The van der Waals surface area contributed by atoms with Gasteiger partial charge < -0.3 is 10.5 Å². The van der Waals surface area contributed by atoms with Gasteiger partial charge in [-0.1, -0.05) is 41.5 Å². The Morgan fingerprint density at radius 2 is 1.81 bits per heavy atom. The highest BCUT2D eigenvalue weighted by Crippen LogP contribution is 2.32. The molecular formula is C18H23NOS. The van der Waals surface area contributed by atoms with E-state index in [0.717, 1.165) is 11.5 Å². The molecule has 0 saturated heterocycles. The summed E-state index contributed by atoms with van der Waals surface area (Å²) in [6.07, 6.45) is 0. The molecule has 2 aromatic rings. The summed E-state index contributed by atoms with van der Waals surface area (Å²) in [7, 11) is 1.69. The first-order valence-electron chi connectivity index (χ1n) is 7.15. The number of thioether (sulfide) groups is 1. The van der Waals surface area contributed by atoms with Crippen LogP contribution in [0.1, 0.15) is 27.5 Å². The Hall–Kier alpha value is -1.45. The van der Waals surface area contributed by atoms with Gasteiger partial charge in [0.05, 0.1) is 7.11 Å². The van der Waals surface area contributed by atoms with Crippen molar-refractivity contribution in [3.8, 4) is 5.75 Å². The lowest BCUT2D eigenvalue weighted by Gasteiger charge is -2.16. The van der Waals surface area contributed by atoms with Crippen molar-refractivity contribution in [2.24, 2.45) is 5.73 Å². The van der Waals surface area contributed by atoms with E-state index in [4.69, 9.17) is 10.5 Å². The Morgan fingerprint density at radius 1 is 1.10 bits per heavy atom. The molecule has 0 saturated carbocycles. The lowest BCUT2D eigenvalue weighted by atomic mass is 10.1. The summed E-state index contributed by atoms with van der Waals surface area (Å²) in [5.74, 6) is 1.86. The van der Waals surface area contributed by atoms with Crippen molar-refractivity contribution in [2.45, 2.75) is 24.9 Å². The third kappa shape index (κ3) is 4.51. The summed E-state index contributed by atoms with van der Waals surface area (Å²) in [4.78, 5) is 0. The van der Waals surface area contributed by atoms with Gasteiger partial charge in [-0.15, -0.1) is 11.8 Å². The minimum Gasteiger partial charge on any atom is -0.497 e. The van der Waals surface area contributed by atoms with Crippen LogP contribution in [-0.2, 0) is 5.75 Å². The second kappa shape index (κ2) is 7.53. The van der Waals surface area contributed by atoms with E-state index in [1.54, 1.807) is 7.11 Å². The van der Waals surface area contributed by atoms with Gasteiger partial charge in [-0.05, 0) is 37.1 Å². The maximum Gasteiger partial charge on any atom is 0.119 e. The largest absolute Gasteiger partial charge is 0.497 e. The molecule has 21 heavy (non-hydrogen) atoms. The van der Waals surface area contributed by atoms with Crippen molar-refractivity contribution >= 4 is 11.8 Å². The van der Waals surface area contributed by atoms with Gasteiger partial charge in [-0.2, -0.15) is 0 Å². The highest BCUT2D eigenvalue weighted by atomic mass is 32.2. The van der Waals surface area contributed by atoms with Crippen LogP contribution in [0.5, 0.6) is 5.75 Å². The maximum atomic E-state index is 5.96. The lowest BCUT2D eigenvalue weighted by molar-refractivity contribution is 0.414. The first-order valence-corrected chi connectivity index (χ1v) is 8.20. The molecule has 0 aromatic heterocycles. The highest BCUT2D eigenvalue weighted by Gasteiger charge is 2.11. The van der Waals surface area contributed by atoms with Gasteiger partial charge in [-0.25, -0.2) is 0 Å². The van der Waals surface area contributed by atoms with Crippen LogP contribution in [-0.4, -0.2) is 13.7 Å². The Balaban J connectivity index is 2.08. The zero-order valence-electron chi connectivity index (χ0n) is 12.9. The molecule has 1 unspecified atom stereocenters. The molecule has 0 aliphatic rings. The van der Waals surface area contributed by atoms with Crippen molar-refractivity contribution in [3.05, 3.63) is 64.7 Å². The molecule has 0 aliphatic carbocycles. The van der Waals surface area contributed by atoms with Crippen LogP contribution >= 0.6 is 11.8 Å². The third-order valence-electron chi connectivity index (χ3n) is 3.41. The number of ether oxygens (including phenoxy) is 1. The zero-order chi connectivity index (χ0) is 15.2. The molecule has 3 heteroatoms. The molecule has 2 aromatic carbocycles. The summed E-state index contributed by atoms with van der Waals surface area (Å²) in [6.45, 7) is 4.91. The van der Waals surface area contributed by atoms with Crippen LogP contribution in [0.15, 0.2) is 42.5 Å². The van der Waals surface area contributed by atoms with Gasteiger partial charge in [0.15, 0.2) is 0 Å². The van der Waals surface area contributed by atoms with E-state index in [2.05, 4.69) is 44.2 Å². The number of hydrogen-bond donors (Lipinski definition) is 1. The lowest BCUT2D eigenvalue weighted by Crippen LogP contribution is -2.09. The first-order chi connectivity index (χ1) is 10.1. The van der Waals surface area contributed by atoms with Crippen LogP contribution in [0.2, 0.25) is 0 Å². The van der Waals surface area contributed by atoms with E-state index in [9.17, 15) is 0 Å². The number of nitrogens with two attached hydrogens (primary N) is 1. The summed E-state index contributed by atoms with van der Waals surface area (Å²) >= 11 is 1.88. The Labute approximate surface area is 131 Å². The number of aryl methyl sites for hydroxylation is 2. The molecule has 0 heterocycles. The van der Waals surface area contributed by atoms with Gasteiger partial charge in [0, 0.05) is 17.5 Å². The normalized spacial score (nSPS) is 12.2. The van der Waals surface area contributed by atoms with Crippen molar-refractivity contribution < 1.29 is 4.74 Å². The van der Waals surface area contributed by atoms with Crippen LogP contribution in [0.4, 0.5) is 0 Å². The fourth-order valence-electron chi connectivity index (χ4n) is 2.49. The number of methoxy groups -OCH3 is 1. The van der Waals surface area contributed by atoms with Crippen LogP contribution < -0.4 is 10.5 Å². The molecule has 2 N–H and O–H groups in total. The van der Waals surface area contributed by atoms with E-state index in [1.807, 2.05) is 23.9 Å². The van der Waals surface area contributed by atoms with Gasteiger partial charge in [0.1, 0.15) is 5.75 Å². The molecule has 112 valence electrons. The fourth-order valence-corrected chi connectivity index (χ4v) is 3.53. The molecule has 0 bridgehead atoms. The molecule has 2 nitrogen and oxygen atoms in total. The standard InChI is InChI=1S/C18H23NOS/c1-13-7-14(2)9-15(8-13)12-21-18(11-19)16-5-4-6-17(10-16)20-3/h4-10,18H,11-12,19H2,1-3H3. The zero-order valence-corrected chi connectivity index (χ0v) is 13.7. The molecule has 0 aliphatic heterocycles. The SMILES string of the molecule is COc1cccc(C(CN)SCc2cc(C)cc(C)c2)c1. The van der Waals surface area contributed by atoms with Crippen molar-refractivity contribution in [2.75, 3.05) is 13.7 Å². The van der Waals surface area contributed by atoms with Crippen molar-refractivity contribution in [1.82, 2.24) is 0 Å². The topological polar surface area (TPSA) is 35.2 Å².